The summed E-state index contributed by atoms with van der Waals surface area (Å²) in [7, 11) is 0. The number of hydrogen-bond donors (Lipinski definition) is 0. The summed E-state index contributed by atoms with van der Waals surface area (Å²) in [5.74, 6) is 6.48. The average Bonchev–Trinajstić information content (AvgIpc) is 2.29. The smallest absolute Gasteiger partial charge is 0.144 e. The molecule has 0 unspecified atom stereocenters. The van der Waals surface area contributed by atoms with Gasteiger partial charge in [-0.05, 0) is 31.2 Å². The molecule has 0 saturated carbocycles. The van der Waals surface area contributed by atoms with Crippen molar-refractivity contribution in [2.24, 2.45) is 0 Å². The average molecular weight is 297 g/mol. The van der Waals surface area contributed by atoms with Gasteiger partial charge >= 0.3 is 0 Å². The number of halogens is 1. The molecule has 84 valence electrons. The summed E-state index contributed by atoms with van der Waals surface area (Å²) in [4.78, 5) is 12.6. The van der Waals surface area contributed by atoms with E-state index in [1.807, 2.05) is 24.3 Å². The minimum atomic E-state index is 0.260. The van der Waals surface area contributed by atoms with Crippen LogP contribution in [0.1, 0.15) is 19.8 Å². The summed E-state index contributed by atoms with van der Waals surface area (Å²) < 4.78 is 1.06. The van der Waals surface area contributed by atoms with E-state index >= 15 is 0 Å². The van der Waals surface area contributed by atoms with Crippen molar-refractivity contribution in [1.82, 2.24) is 0 Å². The van der Waals surface area contributed by atoms with Crippen molar-refractivity contribution in [3.8, 4) is 11.8 Å². The Kier molecular flexibility index (Phi) is 6.29. The van der Waals surface area contributed by atoms with E-state index in [0.29, 0.717) is 18.6 Å². The lowest BCUT2D eigenvalue weighted by Gasteiger charge is -2.00. The van der Waals surface area contributed by atoms with Crippen LogP contribution in [0.4, 0.5) is 0 Å². The molecule has 0 bridgehead atoms. The summed E-state index contributed by atoms with van der Waals surface area (Å²) in [5, 5.41) is 0. The van der Waals surface area contributed by atoms with Gasteiger partial charge in [0.1, 0.15) is 5.78 Å². The number of carbonyl (C=O) groups excluding carboxylic acids is 1. The lowest BCUT2D eigenvalue weighted by molar-refractivity contribution is -0.116. The number of thioether (sulfide) groups is 1. The van der Waals surface area contributed by atoms with Gasteiger partial charge in [0.25, 0.3) is 0 Å². The molecule has 0 aliphatic carbocycles. The summed E-state index contributed by atoms with van der Waals surface area (Å²) in [6.07, 6.45) is 1.24. The second-order valence-electron chi connectivity index (χ2n) is 3.21. The minimum absolute atomic E-state index is 0.260. The lowest BCUT2D eigenvalue weighted by atomic mass is 10.2. The Bertz CT molecular complexity index is 400. The fourth-order valence-corrected chi connectivity index (χ4v) is 2.16. The summed E-state index contributed by atoms with van der Waals surface area (Å²) in [6, 6.07) is 7.98. The number of benzene rings is 1. The van der Waals surface area contributed by atoms with Gasteiger partial charge in [-0.3, -0.25) is 4.79 Å². The predicted octanol–water partition coefficient (Wildman–Crippen LogP) is 3.91. The molecule has 0 amide bonds. The molecule has 1 nitrogen and oxygen atoms in total. The maximum absolute atomic E-state index is 11.5. The van der Waals surface area contributed by atoms with Gasteiger partial charge in [-0.15, -0.1) is 23.6 Å². The molecular weight excluding hydrogens is 284 g/mol. The minimum Gasteiger partial charge on any atom is -0.299 e. The van der Waals surface area contributed by atoms with Gasteiger partial charge < -0.3 is 0 Å². The fourth-order valence-electron chi connectivity index (χ4n) is 1.09. The Balaban J connectivity index is 2.30. The fraction of sp³-hybridized carbons (Fsp3) is 0.308. The van der Waals surface area contributed by atoms with Crippen molar-refractivity contribution >= 4 is 33.5 Å². The van der Waals surface area contributed by atoms with Crippen LogP contribution in [0.3, 0.4) is 0 Å². The topological polar surface area (TPSA) is 17.1 Å². The first-order valence-corrected chi connectivity index (χ1v) is 6.80. The molecular formula is C13H13BrOS. The van der Waals surface area contributed by atoms with Gasteiger partial charge in [-0.25, -0.2) is 0 Å². The van der Waals surface area contributed by atoms with Crippen LogP contribution in [-0.4, -0.2) is 11.5 Å². The van der Waals surface area contributed by atoms with Gasteiger partial charge in [0.05, 0.1) is 5.75 Å². The molecule has 0 spiro atoms. The molecule has 0 aromatic heterocycles. The number of ketones is 1. The van der Waals surface area contributed by atoms with Gasteiger partial charge in [0.2, 0.25) is 0 Å². The molecule has 0 radical (unpaired) electrons. The predicted molar refractivity (Wildman–Crippen MR) is 72.6 cm³/mol. The molecule has 1 aromatic carbocycles. The van der Waals surface area contributed by atoms with Gasteiger partial charge in [-0.2, -0.15) is 0 Å². The van der Waals surface area contributed by atoms with Crippen LogP contribution in [0.15, 0.2) is 33.6 Å². The zero-order valence-corrected chi connectivity index (χ0v) is 11.5. The monoisotopic (exact) mass is 296 g/mol. The molecule has 0 aliphatic heterocycles. The van der Waals surface area contributed by atoms with Crippen molar-refractivity contribution < 1.29 is 4.79 Å². The van der Waals surface area contributed by atoms with Crippen LogP contribution in [0, 0.1) is 11.8 Å². The van der Waals surface area contributed by atoms with Crippen LogP contribution >= 0.6 is 27.7 Å². The Morgan fingerprint density at radius 2 is 2.06 bits per heavy atom. The van der Waals surface area contributed by atoms with Gasteiger partial charge in [0, 0.05) is 22.2 Å². The maximum atomic E-state index is 11.5. The van der Waals surface area contributed by atoms with Crippen LogP contribution in [0.2, 0.25) is 0 Å². The first-order chi connectivity index (χ1) is 7.72. The third-order valence-electron chi connectivity index (χ3n) is 1.92. The third kappa shape index (κ3) is 5.39. The zero-order chi connectivity index (χ0) is 11.8. The molecule has 0 N–H and O–H groups in total. The van der Waals surface area contributed by atoms with E-state index in [-0.39, 0.29) is 5.78 Å². The van der Waals surface area contributed by atoms with Crippen molar-refractivity contribution in [1.29, 1.82) is 0 Å². The van der Waals surface area contributed by atoms with E-state index in [1.165, 1.54) is 0 Å². The molecule has 0 saturated heterocycles. The van der Waals surface area contributed by atoms with E-state index < -0.39 is 0 Å². The van der Waals surface area contributed by atoms with E-state index in [4.69, 9.17) is 0 Å². The van der Waals surface area contributed by atoms with Gasteiger partial charge in [0.15, 0.2) is 0 Å². The van der Waals surface area contributed by atoms with Crippen LogP contribution in [0.5, 0.6) is 0 Å². The molecule has 1 rings (SSSR count). The highest BCUT2D eigenvalue weighted by Gasteiger charge is 2.02. The molecule has 0 atom stereocenters. The van der Waals surface area contributed by atoms with Crippen molar-refractivity contribution in [3.63, 3.8) is 0 Å². The Morgan fingerprint density at radius 3 is 2.69 bits per heavy atom. The highest BCUT2D eigenvalue weighted by Crippen LogP contribution is 2.20. The zero-order valence-electron chi connectivity index (χ0n) is 9.13. The number of rotatable bonds is 5. The maximum Gasteiger partial charge on any atom is 0.144 e. The lowest BCUT2D eigenvalue weighted by Crippen LogP contribution is -2.00. The first kappa shape index (κ1) is 13.3. The van der Waals surface area contributed by atoms with E-state index in [2.05, 4.69) is 27.8 Å². The summed E-state index contributed by atoms with van der Waals surface area (Å²) in [6.45, 7) is 1.79. The molecule has 16 heavy (non-hydrogen) atoms. The van der Waals surface area contributed by atoms with E-state index in [0.717, 1.165) is 9.37 Å². The molecule has 3 heteroatoms. The Labute approximate surface area is 109 Å². The second kappa shape index (κ2) is 7.54. The largest absolute Gasteiger partial charge is 0.299 e. The highest BCUT2D eigenvalue weighted by molar-refractivity contribution is 9.10. The molecule has 0 fully saturated rings. The van der Waals surface area contributed by atoms with Crippen molar-refractivity contribution in [3.05, 3.63) is 28.7 Å². The van der Waals surface area contributed by atoms with Gasteiger partial charge in [-0.1, -0.05) is 15.9 Å². The number of hydrogen-bond acceptors (Lipinski definition) is 2. The van der Waals surface area contributed by atoms with Crippen LogP contribution in [0.25, 0.3) is 0 Å². The van der Waals surface area contributed by atoms with E-state index in [1.54, 1.807) is 18.7 Å². The molecule has 1 aromatic rings. The quantitative estimate of drug-likeness (QED) is 0.605. The van der Waals surface area contributed by atoms with E-state index in [9.17, 15) is 4.79 Å². The SMILES string of the molecule is CC#CCCC(=O)CSc1ccc(Br)cc1. The van der Waals surface area contributed by atoms with Crippen LogP contribution in [-0.2, 0) is 4.79 Å². The third-order valence-corrected chi connectivity index (χ3v) is 3.52. The second-order valence-corrected chi connectivity index (χ2v) is 5.17. The Hall–Kier alpha value is -0.720. The summed E-state index contributed by atoms with van der Waals surface area (Å²) in [5.41, 5.74) is 0. The van der Waals surface area contributed by atoms with Crippen LogP contribution < -0.4 is 0 Å². The highest BCUT2D eigenvalue weighted by atomic mass is 79.9. The Morgan fingerprint density at radius 1 is 1.38 bits per heavy atom. The molecule has 0 heterocycles. The van der Waals surface area contributed by atoms with Crippen molar-refractivity contribution in [2.75, 3.05) is 5.75 Å². The van der Waals surface area contributed by atoms with Crippen molar-refractivity contribution in [2.45, 2.75) is 24.7 Å². The number of Topliss-reactive ketones (excluding diaryl/α,β-unsaturated/α-hetero) is 1. The number of carbonyl (C=O) groups is 1. The first-order valence-electron chi connectivity index (χ1n) is 5.02. The standard InChI is InChI=1S/C13H13BrOS/c1-2-3-4-5-12(15)10-16-13-8-6-11(14)7-9-13/h6-9H,4-5,10H2,1H3. The summed E-state index contributed by atoms with van der Waals surface area (Å²) >= 11 is 4.95. The molecule has 0 aliphatic rings. The normalized spacial score (nSPS) is 9.38.